The normalized spacial score (nSPS) is 18.2. The number of carbonyl (C=O) groups excluding carboxylic acids is 2. The highest BCUT2D eigenvalue weighted by Gasteiger charge is 2.42. The molecule has 150 valence electrons. The second-order valence-corrected chi connectivity index (χ2v) is 7.34. The second-order valence-electron chi connectivity index (χ2n) is 7.34. The number of amides is 2. The average Bonchev–Trinajstić information content (AvgIpc) is 2.96. The van der Waals surface area contributed by atoms with E-state index in [-0.39, 0.29) is 18.3 Å². The summed E-state index contributed by atoms with van der Waals surface area (Å²) in [6, 6.07) is 11.3. The van der Waals surface area contributed by atoms with Crippen LogP contribution in [-0.2, 0) is 16.1 Å². The number of imide groups is 1. The highest BCUT2D eigenvalue weighted by molar-refractivity contribution is 6.35. The molecule has 1 saturated heterocycles. The largest absolute Gasteiger partial charge is 0.364 e. The maximum absolute atomic E-state index is 13.4. The van der Waals surface area contributed by atoms with E-state index < -0.39 is 11.7 Å². The van der Waals surface area contributed by atoms with Gasteiger partial charge in [0, 0.05) is 26.2 Å². The summed E-state index contributed by atoms with van der Waals surface area (Å²) < 4.78 is 26.6. The number of likely N-dealkylation sites (N-methyl/N-ethyl adjacent to an activating group) is 1. The summed E-state index contributed by atoms with van der Waals surface area (Å²) in [5.41, 5.74) is 1.82. The molecule has 0 spiro atoms. The van der Waals surface area contributed by atoms with Crippen molar-refractivity contribution in [3.63, 3.8) is 0 Å². The molecule has 0 atom stereocenters. The molecule has 29 heavy (non-hydrogen) atoms. The molecule has 2 aliphatic rings. The van der Waals surface area contributed by atoms with Crippen LogP contribution >= 0.6 is 0 Å². The first-order valence-electron chi connectivity index (χ1n) is 9.48. The van der Waals surface area contributed by atoms with Gasteiger partial charge in [-0.05, 0) is 42.4 Å². The van der Waals surface area contributed by atoms with Crippen LogP contribution in [0.2, 0.25) is 0 Å². The molecule has 0 unspecified atom stereocenters. The molecule has 5 nitrogen and oxygen atoms in total. The Hall–Kier alpha value is -3.06. The lowest BCUT2D eigenvalue weighted by molar-refractivity contribution is -0.138. The molecule has 4 rings (SSSR count). The molecule has 0 N–H and O–H groups in total. The zero-order valence-corrected chi connectivity index (χ0v) is 16.1. The van der Waals surface area contributed by atoms with Gasteiger partial charge in [-0.25, -0.2) is 8.78 Å². The van der Waals surface area contributed by atoms with Gasteiger partial charge in [0.2, 0.25) is 0 Å². The van der Waals surface area contributed by atoms with E-state index in [0.29, 0.717) is 35.5 Å². The van der Waals surface area contributed by atoms with Gasteiger partial charge in [-0.1, -0.05) is 24.3 Å². The van der Waals surface area contributed by atoms with E-state index in [1.807, 2.05) is 11.9 Å². The van der Waals surface area contributed by atoms with Crippen LogP contribution in [0.25, 0.3) is 5.57 Å². The lowest BCUT2D eigenvalue weighted by atomic mass is 10.0. The Balaban J connectivity index is 1.71. The van der Waals surface area contributed by atoms with Gasteiger partial charge in [0.25, 0.3) is 11.8 Å². The van der Waals surface area contributed by atoms with Crippen molar-refractivity contribution >= 4 is 17.4 Å². The van der Waals surface area contributed by atoms with Crippen molar-refractivity contribution in [2.45, 2.75) is 6.54 Å². The van der Waals surface area contributed by atoms with E-state index in [0.717, 1.165) is 13.1 Å². The van der Waals surface area contributed by atoms with Gasteiger partial charge in [0.05, 0.1) is 12.1 Å². The first-order chi connectivity index (χ1) is 13.9. The lowest BCUT2D eigenvalue weighted by Crippen LogP contribution is -2.46. The summed E-state index contributed by atoms with van der Waals surface area (Å²) in [5, 5.41) is 0. The SMILES string of the molecule is CN1CCN(C2=C(c3ccc(F)cc3)C(=O)N(Cc3ccc(F)cc3)C2=O)CC1. The van der Waals surface area contributed by atoms with Crippen LogP contribution < -0.4 is 0 Å². The number of halogens is 2. The molecule has 1 fully saturated rings. The van der Waals surface area contributed by atoms with Crippen LogP contribution in [0.4, 0.5) is 8.78 Å². The predicted molar refractivity (Wildman–Crippen MR) is 104 cm³/mol. The van der Waals surface area contributed by atoms with E-state index in [4.69, 9.17) is 0 Å². The minimum absolute atomic E-state index is 0.0554. The Kier molecular flexibility index (Phi) is 5.15. The van der Waals surface area contributed by atoms with Crippen molar-refractivity contribution in [2.24, 2.45) is 0 Å². The molecule has 0 aliphatic carbocycles. The number of hydrogen-bond acceptors (Lipinski definition) is 4. The topological polar surface area (TPSA) is 43.9 Å². The van der Waals surface area contributed by atoms with Gasteiger partial charge in [0.15, 0.2) is 0 Å². The van der Waals surface area contributed by atoms with Crippen LogP contribution in [0.1, 0.15) is 11.1 Å². The Morgan fingerprint density at radius 3 is 1.93 bits per heavy atom. The molecule has 2 aromatic carbocycles. The van der Waals surface area contributed by atoms with E-state index in [9.17, 15) is 18.4 Å². The third-order valence-corrected chi connectivity index (χ3v) is 5.35. The molecule has 0 bridgehead atoms. The quantitative estimate of drug-likeness (QED) is 0.744. The molecular weight excluding hydrogens is 376 g/mol. The summed E-state index contributed by atoms with van der Waals surface area (Å²) in [7, 11) is 2.01. The van der Waals surface area contributed by atoms with Crippen molar-refractivity contribution in [1.82, 2.24) is 14.7 Å². The average molecular weight is 397 g/mol. The third-order valence-electron chi connectivity index (χ3n) is 5.35. The molecule has 2 aliphatic heterocycles. The number of rotatable bonds is 4. The zero-order chi connectivity index (χ0) is 20.5. The predicted octanol–water partition coefficient (Wildman–Crippen LogP) is 2.49. The fourth-order valence-corrected chi connectivity index (χ4v) is 3.68. The first kappa shape index (κ1) is 19.3. The number of hydrogen-bond donors (Lipinski definition) is 0. The van der Waals surface area contributed by atoms with Crippen molar-refractivity contribution < 1.29 is 18.4 Å². The van der Waals surface area contributed by atoms with Crippen molar-refractivity contribution in [3.05, 3.63) is 77.0 Å². The number of nitrogens with zero attached hydrogens (tertiary/aromatic N) is 3. The summed E-state index contributed by atoms with van der Waals surface area (Å²) in [4.78, 5) is 31.8. The van der Waals surface area contributed by atoms with Crippen LogP contribution in [-0.4, -0.2) is 59.7 Å². The highest BCUT2D eigenvalue weighted by atomic mass is 19.1. The Morgan fingerprint density at radius 2 is 1.34 bits per heavy atom. The first-order valence-corrected chi connectivity index (χ1v) is 9.48. The summed E-state index contributed by atoms with van der Waals surface area (Å²) in [6.07, 6.45) is 0. The van der Waals surface area contributed by atoms with Crippen LogP contribution in [0.15, 0.2) is 54.2 Å². The van der Waals surface area contributed by atoms with Crippen molar-refractivity contribution in [3.8, 4) is 0 Å². The Bertz CT molecular complexity index is 963. The third kappa shape index (κ3) is 3.78. The number of carbonyl (C=O) groups is 2. The summed E-state index contributed by atoms with van der Waals surface area (Å²) in [5.74, 6) is -1.57. The van der Waals surface area contributed by atoms with Crippen LogP contribution in [0, 0.1) is 11.6 Å². The van der Waals surface area contributed by atoms with E-state index >= 15 is 0 Å². The molecule has 0 aromatic heterocycles. The van der Waals surface area contributed by atoms with Gasteiger partial charge in [-0.3, -0.25) is 14.5 Å². The van der Waals surface area contributed by atoms with Gasteiger partial charge < -0.3 is 9.80 Å². The fourth-order valence-electron chi connectivity index (χ4n) is 3.68. The molecular formula is C22H21F2N3O2. The van der Waals surface area contributed by atoms with Crippen molar-refractivity contribution in [2.75, 3.05) is 33.2 Å². The van der Waals surface area contributed by atoms with Crippen LogP contribution in [0.5, 0.6) is 0 Å². The number of benzene rings is 2. The molecule has 0 saturated carbocycles. The minimum atomic E-state index is -0.417. The zero-order valence-electron chi connectivity index (χ0n) is 16.1. The highest BCUT2D eigenvalue weighted by Crippen LogP contribution is 2.33. The van der Waals surface area contributed by atoms with E-state index in [1.165, 1.54) is 41.3 Å². The van der Waals surface area contributed by atoms with Gasteiger partial charge in [-0.15, -0.1) is 0 Å². The van der Waals surface area contributed by atoms with E-state index in [2.05, 4.69) is 4.90 Å². The standard InChI is InChI=1S/C22H21F2N3O2/c1-25-10-12-26(13-11-25)20-19(16-4-8-18(24)9-5-16)21(28)27(22(20)29)14-15-2-6-17(23)7-3-15/h2-9H,10-14H2,1H3. The van der Waals surface area contributed by atoms with Crippen LogP contribution in [0.3, 0.4) is 0 Å². The molecule has 0 radical (unpaired) electrons. The molecule has 2 aromatic rings. The second kappa shape index (κ2) is 7.75. The van der Waals surface area contributed by atoms with Gasteiger partial charge in [-0.2, -0.15) is 0 Å². The van der Waals surface area contributed by atoms with Gasteiger partial charge >= 0.3 is 0 Å². The van der Waals surface area contributed by atoms with E-state index in [1.54, 1.807) is 12.1 Å². The molecule has 2 heterocycles. The Morgan fingerprint density at radius 1 is 0.793 bits per heavy atom. The molecule has 7 heteroatoms. The van der Waals surface area contributed by atoms with Gasteiger partial charge in [0.1, 0.15) is 17.3 Å². The lowest BCUT2D eigenvalue weighted by Gasteiger charge is -2.34. The summed E-state index contributed by atoms with van der Waals surface area (Å²) in [6.45, 7) is 2.86. The van der Waals surface area contributed by atoms with Crippen molar-refractivity contribution in [1.29, 1.82) is 0 Å². The smallest absolute Gasteiger partial charge is 0.278 e. The maximum atomic E-state index is 13.4. The molecule has 2 amide bonds. The fraction of sp³-hybridized carbons (Fsp3) is 0.273. The minimum Gasteiger partial charge on any atom is -0.364 e. The monoisotopic (exact) mass is 397 g/mol. The summed E-state index contributed by atoms with van der Waals surface area (Å²) >= 11 is 0. The Labute approximate surface area is 167 Å². The number of piperazine rings is 1. The maximum Gasteiger partial charge on any atom is 0.278 e.